The van der Waals surface area contributed by atoms with E-state index in [0.717, 1.165) is 49.9 Å². The maximum Gasteiger partial charge on any atom is 0.257 e. The van der Waals surface area contributed by atoms with Crippen molar-refractivity contribution in [2.24, 2.45) is 11.8 Å². The zero-order valence-electron chi connectivity index (χ0n) is 15.8. The number of amides is 1. The number of aromatic nitrogens is 2. The van der Waals surface area contributed by atoms with Gasteiger partial charge >= 0.3 is 0 Å². The standard InChI is InChI=1S/C21H27ClN4O/c1-15-20(13-24-26(15)19-6-4-18(22)5-7-19)21(27)25-12-2-3-17(14-25)16-8-10-23-11-9-16/h4-7,13,16-17,23H,2-3,8-12,14H2,1H3. The number of nitrogens with zero attached hydrogens (tertiary/aromatic N) is 3. The van der Waals surface area contributed by atoms with E-state index in [1.807, 2.05) is 40.8 Å². The van der Waals surface area contributed by atoms with Crippen LogP contribution in [0.25, 0.3) is 5.69 Å². The number of hydrogen-bond acceptors (Lipinski definition) is 3. The second kappa shape index (κ2) is 8.03. The molecular weight excluding hydrogens is 360 g/mol. The van der Waals surface area contributed by atoms with Gasteiger partial charge in [0, 0.05) is 18.1 Å². The molecule has 2 aliphatic rings. The Balaban J connectivity index is 1.50. The minimum absolute atomic E-state index is 0.117. The van der Waals surface area contributed by atoms with Crippen molar-refractivity contribution in [2.45, 2.75) is 32.6 Å². The molecule has 2 aliphatic heterocycles. The van der Waals surface area contributed by atoms with Gasteiger partial charge in [0.15, 0.2) is 0 Å². The third-order valence-electron chi connectivity index (χ3n) is 6.11. The molecule has 5 nitrogen and oxygen atoms in total. The van der Waals surface area contributed by atoms with Crippen LogP contribution in [0.2, 0.25) is 5.02 Å². The Morgan fingerprint density at radius 1 is 1.15 bits per heavy atom. The van der Waals surface area contributed by atoms with Crippen LogP contribution < -0.4 is 5.32 Å². The first-order chi connectivity index (χ1) is 13.1. The molecule has 2 fully saturated rings. The van der Waals surface area contributed by atoms with E-state index in [1.54, 1.807) is 6.20 Å². The molecule has 1 aromatic carbocycles. The SMILES string of the molecule is Cc1c(C(=O)N2CCCC(C3CCNCC3)C2)cnn1-c1ccc(Cl)cc1. The van der Waals surface area contributed by atoms with Gasteiger partial charge in [-0.3, -0.25) is 4.79 Å². The van der Waals surface area contributed by atoms with Gasteiger partial charge in [0.2, 0.25) is 0 Å². The molecule has 1 N–H and O–H groups in total. The number of carbonyl (C=O) groups is 1. The molecule has 1 unspecified atom stereocenters. The van der Waals surface area contributed by atoms with Crippen molar-refractivity contribution in [1.82, 2.24) is 20.0 Å². The summed E-state index contributed by atoms with van der Waals surface area (Å²) in [6.45, 7) is 5.92. The predicted molar refractivity (Wildman–Crippen MR) is 108 cm³/mol. The largest absolute Gasteiger partial charge is 0.338 e. The van der Waals surface area contributed by atoms with E-state index >= 15 is 0 Å². The Morgan fingerprint density at radius 3 is 2.63 bits per heavy atom. The molecule has 6 heteroatoms. The van der Waals surface area contributed by atoms with Gasteiger partial charge in [0.1, 0.15) is 0 Å². The lowest BCUT2D eigenvalue weighted by molar-refractivity contribution is 0.0605. The number of rotatable bonds is 3. The average molecular weight is 387 g/mol. The second-order valence-corrected chi connectivity index (χ2v) is 8.21. The molecule has 0 saturated carbocycles. The molecule has 144 valence electrons. The molecule has 1 aromatic heterocycles. The lowest BCUT2D eigenvalue weighted by Crippen LogP contribution is -2.44. The summed E-state index contributed by atoms with van der Waals surface area (Å²) < 4.78 is 1.82. The predicted octanol–water partition coefficient (Wildman–Crippen LogP) is 3.69. The third-order valence-corrected chi connectivity index (χ3v) is 6.36. The lowest BCUT2D eigenvalue weighted by atomic mass is 9.80. The van der Waals surface area contributed by atoms with Crippen LogP contribution in [-0.2, 0) is 0 Å². The van der Waals surface area contributed by atoms with Crippen LogP contribution in [-0.4, -0.2) is 46.8 Å². The zero-order chi connectivity index (χ0) is 18.8. The number of nitrogens with one attached hydrogen (secondary N) is 1. The van der Waals surface area contributed by atoms with Gasteiger partial charge in [-0.1, -0.05) is 11.6 Å². The quantitative estimate of drug-likeness (QED) is 0.875. The highest BCUT2D eigenvalue weighted by atomic mass is 35.5. The summed E-state index contributed by atoms with van der Waals surface area (Å²) in [4.78, 5) is 15.2. The minimum atomic E-state index is 0.117. The number of halogens is 1. The first kappa shape index (κ1) is 18.5. The van der Waals surface area contributed by atoms with Gasteiger partial charge < -0.3 is 10.2 Å². The van der Waals surface area contributed by atoms with Crippen LogP contribution in [0.4, 0.5) is 0 Å². The smallest absolute Gasteiger partial charge is 0.257 e. The lowest BCUT2D eigenvalue weighted by Gasteiger charge is -2.38. The van der Waals surface area contributed by atoms with Gasteiger partial charge in [-0.05, 0) is 81.8 Å². The highest BCUT2D eigenvalue weighted by molar-refractivity contribution is 6.30. The molecule has 0 spiro atoms. The molecule has 2 aromatic rings. The fourth-order valence-electron chi connectivity index (χ4n) is 4.53. The summed E-state index contributed by atoms with van der Waals surface area (Å²) in [5.74, 6) is 1.50. The molecule has 1 atom stereocenters. The molecule has 2 saturated heterocycles. The number of carbonyl (C=O) groups excluding carboxylic acids is 1. The second-order valence-electron chi connectivity index (χ2n) is 7.77. The van der Waals surface area contributed by atoms with E-state index in [0.29, 0.717) is 16.5 Å². The summed E-state index contributed by atoms with van der Waals surface area (Å²) in [5.41, 5.74) is 2.50. The van der Waals surface area contributed by atoms with Gasteiger partial charge in [-0.15, -0.1) is 0 Å². The van der Waals surface area contributed by atoms with Crippen LogP contribution in [0.5, 0.6) is 0 Å². The van der Waals surface area contributed by atoms with Crippen molar-refractivity contribution < 1.29 is 4.79 Å². The van der Waals surface area contributed by atoms with Crippen LogP contribution in [0, 0.1) is 18.8 Å². The number of benzene rings is 1. The van der Waals surface area contributed by atoms with Crippen molar-refractivity contribution in [1.29, 1.82) is 0 Å². The maximum absolute atomic E-state index is 13.2. The van der Waals surface area contributed by atoms with Crippen LogP contribution in [0.3, 0.4) is 0 Å². The topological polar surface area (TPSA) is 50.2 Å². The van der Waals surface area contributed by atoms with Gasteiger partial charge in [0.25, 0.3) is 5.91 Å². The Labute approximate surface area is 165 Å². The molecule has 3 heterocycles. The Hall–Kier alpha value is -1.85. The third kappa shape index (κ3) is 3.90. The molecule has 1 amide bonds. The van der Waals surface area contributed by atoms with Crippen molar-refractivity contribution in [3.63, 3.8) is 0 Å². The fourth-order valence-corrected chi connectivity index (χ4v) is 4.65. The Kier molecular flexibility index (Phi) is 5.50. The summed E-state index contributed by atoms with van der Waals surface area (Å²) >= 11 is 5.98. The highest BCUT2D eigenvalue weighted by Gasteiger charge is 2.31. The molecule has 4 rings (SSSR count). The first-order valence-corrected chi connectivity index (χ1v) is 10.3. The summed E-state index contributed by atoms with van der Waals surface area (Å²) in [6.07, 6.45) is 6.53. The van der Waals surface area contributed by atoms with Crippen molar-refractivity contribution in [3.05, 3.63) is 46.7 Å². The highest BCUT2D eigenvalue weighted by Crippen LogP contribution is 2.30. The number of hydrogen-bond donors (Lipinski definition) is 1. The summed E-state index contributed by atoms with van der Waals surface area (Å²) in [7, 11) is 0. The van der Waals surface area contributed by atoms with Crippen LogP contribution >= 0.6 is 11.6 Å². The van der Waals surface area contributed by atoms with Crippen molar-refractivity contribution >= 4 is 17.5 Å². The van der Waals surface area contributed by atoms with Gasteiger partial charge in [-0.2, -0.15) is 5.10 Å². The van der Waals surface area contributed by atoms with Crippen molar-refractivity contribution in [3.8, 4) is 5.69 Å². The van der Waals surface area contributed by atoms with Gasteiger partial charge in [-0.25, -0.2) is 4.68 Å². The maximum atomic E-state index is 13.2. The van der Waals surface area contributed by atoms with Gasteiger partial charge in [0.05, 0.1) is 23.1 Å². The van der Waals surface area contributed by atoms with Crippen LogP contribution in [0.15, 0.2) is 30.5 Å². The number of likely N-dealkylation sites (tertiary alicyclic amines) is 1. The van der Waals surface area contributed by atoms with E-state index in [4.69, 9.17) is 11.6 Å². The Bertz CT molecular complexity index is 795. The van der Waals surface area contributed by atoms with E-state index in [9.17, 15) is 4.79 Å². The normalized spacial score (nSPS) is 21.4. The molecule has 0 radical (unpaired) electrons. The monoisotopic (exact) mass is 386 g/mol. The summed E-state index contributed by atoms with van der Waals surface area (Å²) in [5, 5.41) is 8.59. The summed E-state index contributed by atoms with van der Waals surface area (Å²) in [6, 6.07) is 7.52. The van der Waals surface area contributed by atoms with Crippen molar-refractivity contribution in [2.75, 3.05) is 26.2 Å². The average Bonchev–Trinajstić information content (AvgIpc) is 3.10. The molecular formula is C21H27ClN4O. The zero-order valence-corrected chi connectivity index (χ0v) is 16.6. The Morgan fingerprint density at radius 2 is 1.89 bits per heavy atom. The fraction of sp³-hybridized carbons (Fsp3) is 0.524. The molecule has 0 aliphatic carbocycles. The van der Waals surface area contributed by atoms with E-state index in [-0.39, 0.29) is 5.91 Å². The number of piperidine rings is 2. The first-order valence-electron chi connectivity index (χ1n) is 9.94. The minimum Gasteiger partial charge on any atom is -0.338 e. The van der Waals surface area contributed by atoms with E-state index in [2.05, 4.69) is 10.4 Å². The molecule has 0 bridgehead atoms. The van der Waals surface area contributed by atoms with E-state index in [1.165, 1.54) is 19.3 Å². The molecule has 27 heavy (non-hydrogen) atoms. The van der Waals surface area contributed by atoms with E-state index < -0.39 is 0 Å². The van der Waals surface area contributed by atoms with Crippen LogP contribution in [0.1, 0.15) is 41.7 Å².